The summed E-state index contributed by atoms with van der Waals surface area (Å²) >= 11 is 1.74. The number of hydrogen-bond acceptors (Lipinski definition) is 4. The first-order valence-corrected chi connectivity index (χ1v) is 7.29. The molecule has 0 saturated carbocycles. The van der Waals surface area contributed by atoms with Gasteiger partial charge in [0, 0.05) is 27.8 Å². The molecule has 4 nitrogen and oxygen atoms in total. The minimum atomic E-state index is -0.386. The molecule has 2 aromatic carbocycles. The number of aromatic nitrogens is 1. The van der Waals surface area contributed by atoms with E-state index in [1.165, 1.54) is 0 Å². The number of non-ortho nitro benzene ring substituents is 1. The first kappa shape index (κ1) is 12.9. The zero-order chi connectivity index (χ0) is 14.1. The topological polar surface area (TPSA) is 56.0 Å². The van der Waals surface area contributed by atoms with Crippen LogP contribution in [0.2, 0.25) is 0 Å². The molecule has 0 atom stereocenters. The van der Waals surface area contributed by atoms with Crippen molar-refractivity contribution in [3.8, 4) is 0 Å². The Morgan fingerprint density at radius 3 is 2.65 bits per heavy atom. The Bertz CT molecular complexity index is 817. The van der Waals surface area contributed by atoms with Crippen LogP contribution >= 0.6 is 11.8 Å². The highest BCUT2D eigenvalue weighted by atomic mass is 32.2. The summed E-state index contributed by atoms with van der Waals surface area (Å²) in [6.07, 6.45) is 0. The Morgan fingerprint density at radius 2 is 1.90 bits per heavy atom. The van der Waals surface area contributed by atoms with Crippen LogP contribution in [0.5, 0.6) is 0 Å². The van der Waals surface area contributed by atoms with Gasteiger partial charge >= 0.3 is 0 Å². The van der Waals surface area contributed by atoms with Crippen LogP contribution in [0.15, 0.2) is 47.4 Å². The quantitative estimate of drug-likeness (QED) is 0.309. The molecule has 0 fully saturated rings. The third kappa shape index (κ3) is 2.10. The third-order valence-electron chi connectivity index (χ3n) is 3.12. The summed E-state index contributed by atoms with van der Waals surface area (Å²) in [7, 11) is 0. The number of fused-ring (bicyclic) bond motifs is 2. The van der Waals surface area contributed by atoms with Gasteiger partial charge in [-0.15, -0.1) is 11.8 Å². The van der Waals surface area contributed by atoms with Crippen LogP contribution in [0.25, 0.3) is 21.8 Å². The Morgan fingerprint density at radius 1 is 1.15 bits per heavy atom. The SMILES string of the molecule is CCSc1c2ccccc2nc2cc([N+](=O)[O-])ccc12. The number of thioether (sulfide) groups is 1. The molecular formula is C15H12N2O2S. The molecule has 0 aliphatic carbocycles. The third-order valence-corrected chi connectivity index (χ3v) is 4.13. The van der Waals surface area contributed by atoms with Gasteiger partial charge in [-0.3, -0.25) is 10.1 Å². The predicted octanol–water partition coefficient (Wildman–Crippen LogP) is 4.41. The van der Waals surface area contributed by atoms with Gasteiger partial charge in [0.05, 0.1) is 16.0 Å². The Balaban J connectivity index is 2.39. The average Bonchev–Trinajstić information content (AvgIpc) is 2.46. The second-order valence-corrected chi connectivity index (χ2v) is 5.62. The normalized spacial score (nSPS) is 11.1. The lowest BCUT2D eigenvalue weighted by atomic mass is 10.1. The van der Waals surface area contributed by atoms with Gasteiger partial charge in [0.25, 0.3) is 5.69 Å². The monoisotopic (exact) mass is 284 g/mol. The van der Waals surface area contributed by atoms with Gasteiger partial charge in [-0.25, -0.2) is 4.98 Å². The van der Waals surface area contributed by atoms with Gasteiger partial charge < -0.3 is 0 Å². The highest BCUT2D eigenvalue weighted by Crippen LogP contribution is 2.35. The van der Waals surface area contributed by atoms with Crippen LogP contribution in [0.4, 0.5) is 5.69 Å². The number of hydrogen-bond donors (Lipinski definition) is 0. The van der Waals surface area contributed by atoms with Crippen LogP contribution in [0.1, 0.15) is 6.92 Å². The van der Waals surface area contributed by atoms with Gasteiger partial charge in [-0.2, -0.15) is 0 Å². The molecule has 0 spiro atoms. The lowest BCUT2D eigenvalue weighted by molar-refractivity contribution is -0.384. The minimum absolute atomic E-state index is 0.0766. The van der Waals surface area contributed by atoms with E-state index in [2.05, 4.69) is 11.9 Å². The summed E-state index contributed by atoms with van der Waals surface area (Å²) < 4.78 is 0. The minimum Gasteiger partial charge on any atom is -0.258 e. The second-order valence-electron chi connectivity index (χ2n) is 4.35. The maximum atomic E-state index is 10.9. The number of pyridine rings is 1. The summed E-state index contributed by atoms with van der Waals surface area (Å²) in [5, 5.41) is 13.0. The Labute approximate surface area is 120 Å². The van der Waals surface area contributed by atoms with E-state index in [0.29, 0.717) is 5.52 Å². The molecular weight excluding hydrogens is 272 g/mol. The van der Waals surface area contributed by atoms with Crippen LogP contribution in [-0.4, -0.2) is 15.7 Å². The molecule has 0 aliphatic rings. The summed E-state index contributed by atoms with van der Waals surface area (Å²) in [6.45, 7) is 2.09. The van der Waals surface area contributed by atoms with E-state index in [1.807, 2.05) is 24.3 Å². The predicted molar refractivity (Wildman–Crippen MR) is 82.3 cm³/mol. The lowest BCUT2D eigenvalue weighted by Crippen LogP contribution is -1.91. The highest BCUT2D eigenvalue weighted by Gasteiger charge is 2.12. The van der Waals surface area contributed by atoms with Gasteiger partial charge in [0.15, 0.2) is 0 Å². The molecule has 0 saturated heterocycles. The number of rotatable bonds is 3. The molecule has 5 heteroatoms. The largest absolute Gasteiger partial charge is 0.271 e. The number of nitro groups is 1. The van der Waals surface area contributed by atoms with E-state index in [4.69, 9.17) is 0 Å². The van der Waals surface area contributed by atoms with E-state index in [0.717, 1.165) is 26.9 Å². The first-order valence-electron chi connectivity index (χ1n) is 6.30. The van der Waals surface area contributed by atoms with E-state index in [1.54, 1.807) is 30.0 Å². The van der Waals surface area contributed by atoms with Crippen molar-refractivity contribution < 1.29 is 4.92 Å². The van der Waals surface area contributed by atoms with Crippen molar-refractivity contribution in [1.82, 2.24) is 4.98 Å². The summed E-state index contributed by atoms with van der Waals surface area (Å²) in [5.74, 6) is 0.945. The van der Waals surface area contributed by atoms with Crippen molar-refractivity contribution in [2.24, 2.45) is 0 Å². The molecule has 0 amide bonds. The van der Waals surface area contributed by atoms with E-state index >= 15 is 0 Å². The summed E-state index contributed by atoms with van der Waals surface area (Å²) in [6, 6.07) is 12.8. The van der Waals surface area contributed by atoms with E-state index < -0.39 is 0 Å². The maximum absolute atomic E-state index is 10.9. The fraction of sp³-hybridized carbons (Fsp3) is 0.133. The van der Waals surface area contributed by atoms with Gasteiger partial charge in [0.2, 0.25) is 0 Å². The maximum Gasteiger partial charge on any atom is 0.271 e. The molecule has 0 N–H and O–H groups in total. The van der Waals surface area contributed by atoms with Crippen LogP contribution in [0.3, 0.4) is 0 Å². The molecule has 100 valence electrons. The fourth-order valence-corrected chi connectivity index (χ4v) is 3.20. The molecule has 3 rings (SSSR count). The van der Waals surface area contributed by atoms with E-state index in [9.17, 15) is 10.1 Å². The number of nitro benzene ring substituents is 1. The molecule has 0 bridgehead atoms. The van der Waals surface area contributed by atoms with Crippen molar-refractivity contribution in [2.75, 3.05) is 5.75 Å². The molecule has 3 aromatic rings. The zero-order valence-electron chi connectivity index (χ0n) is 10.9. The standard InChI is InChI=1S/C15H12N2O2S/c1-2-20-15-11-5-3-4-6-13(11)16-14-9-10(17(18)19)7-8-12(14)15/h3-9H,2H2,1H3. The zero-order valence-corrected chi connectivity index (χ0v) is 11.7. The fourth-order valence-electron chi connectivity index (χ4n) is 2.26. The molecule has 0 unspecified atom stereocenters. The summed E-state index contributed by atoms with van der Waals surface area (Å²) in [4.78, 5) is 16.2. The Hall–Kier alpha value is -2.14. The van der Waals surface area contributed by atoms with Crippen molar-refractivity contribution in [2.45, 2.75) is 11.8 Å². The van der Waals surface area contributed by atoms with Crippen molar-refractivity contribution in [3.63, 3.8) is 0 Å². The van der Waals surface area contributed by atoms with Gasteiger partial charge in [0.1, 0.15) is 0 Å². The average molecular weight is 284 g/mol. The van der Waals surface area contributed by atoms with Crippen molar-refractivity contribution in [1.29, 1.82) is 0 Å². The number of benzene rings is 2. The second kappa shape index (κ2) is 5.09. The lowest BCUT2D eigenvalue weighted by Gasteiger charge is -2.09. The summed E-state index contributed by atoms with van der Waals surface area (Å²) in [5.41, 5.74) is 1.62. The van der Waals surface area contributed by atoms with Gasteiger partial charge in [-0.1, -0.05) is 25.1 Å². The molecule has 1 aromatic heterocycles. The van der Waals surface area contributed by atoms with Crippen LogP contribution in [-0.2, 0) is 0 Å². The Kier molecular flexibility index (Phi) is 3.28. The van der Waals surface area contributed by atoms with Crippen molar-refractivity contribution in [3.05, 3.63) is 52.6 Å². The smallest absolute Gasteiger partial charge is 0.258 e. The van der Waals surface area contributed by atoms with Gasteiger partial charge in [-0.05, 0) is 17.9 Å². The van der Waals surface area contributed by atoms with Crippen molar-refractivity contribution >= 4 is 39.3 Å². The number of nitrogens with zero attached hydrogens (tertiary/aromatic N) is 2. The number of para-hydroxylation sites is 1. The van der Waals surface area contributed by atoms with Crippen LogP contribution in [0, 0.1) is 10.1 Å². The molecule has 0 radical (unpaired) electrons. The van der Waals surface area contributed by atoms with E-state index in [-0.39, 0.29) is 10.6 Å². The molecule has 20 heavy (non-hydrogen) atoms. The molecule has 1 heterocycles. The first-order chi connectivity index (χ1) is 9.70. The highest BCUT2D eigenvalue weighted by molar-refractivity contribution is 7.99. The van der Waals surface area contributed by atoms with Crippen LogP contribution < -0.4 is 0 Å². The molecule has 0 aliphatic heterocycles.